The van der Waals surface area contributed by atoms with Gasteiger partial charge in [-0.3, -0.25) is 0 Å². The van der Waals surface area contributed by atoms with E-state index in [1.807, 2.05) is 18.2 Å². The normalized spacial score (nSPS) is 10.9. The molecule has 0 radical (unpaired) electrons. The number of nitrogens with zero attached hydrogens (tertiary/aromatic N) is 2. The lowest BCUT2D eigenvalue weighted by molar-refractivity contribution is 0.118. The molecule has 1 aromatic carbocycles. The Morgan fingerprint density at radius 3 is 2.68 bits per heavy atom. The van der Waals surface area contributed by atoms with Gasteiger partial charge in [0.1, 0.15) is 5.82 Å². The van der Waals surface area contributed by atoms with Crippen molar-refractivity contribution in [1.29, 1.82) is 0 Å². The van der Waals surface area contributed by atoms with Crippen LogP contribution in [0.2, 0.25) is 0 Å². The van der Waals surface area contributed by atoms with Crippen LogP contribution in [0.4, 0.5) is 5.82 Å². The molecular formula is C20H23N3O2. The molecule has 2 heterocycles. The van der Waals surface area contributed by atoms with Gasteiger partial charge in [-0.15, -0.1) is 0 Å². The second-order valence-electron chi connectivity index (χ2n) is 6.02. The molecule has 2 aromatic heterocycles. The van der Waals surface area contributed by atoms with E-state index in [0.29, 0.717) is 24.6 Å². The lowest BCUT2D eigenvalue weighted by atomic mass is 10.1. The summed E-state index contributed by atoms with van der Waals surface area (Å²) in [5.74, 6) is 1.08. The molecule has 3 rings (SSSR count). The highest BCUT2D eigenvalue weighted by Crippen LogP contribution is 2.25. The van der Waals surface area contributed by atoms with Crippen molar-refractivity contribution in [1.82, 2.24) is 10.1 Å². The molecule has 0 fully saturated rings. The second-order valence-corrected chi connectivity index (χ2v) is 6.02. The van der Waals surface area contributed by atoms with Gasteiger partial charge >= 0.3 is 0 Å². The van der Waals surface area contributed by atoms with Crippen molar-refractivity contribution in [3.05, 3.63) is 65.5 Å². The van der Waals surface area contributed by atoms with Gasteiger partial charge in [0.15, 0.2) is 5.76 Å². The third-order valence-corrected chi connectivity index (χ3v) is 3.98. The average molecular weight is 337 g/mol. The number of rotatable bonds is 8. The van der Waals surface area contributed by atoms with E-state index in [4.69, 9.17) is 15.0 Å². The van der Waals surface area contributed by atoms with E-state index in [1.165, 1.54) is 11.1 Å². The maximum atomic E-state index is 5.88. The lowest BCUT2D eigenvalue weighted by Gasteiger charge is -2.04. The van der Waals surface area contributed by atoms with E-state index in [0.717, 1.165) is 30.7 Å². The van der Waals surface area contributed by atoms with Gasteiger partial charge < -0.3 is 15.0 Å². The van der Waals surface area contributed by atoms with Gasteiger partial charge in [0.05, 0.1) is 17.9 Å². The SMILES string of the molecule is CCCCOCc1ccc(Cc2cc(-c3cccnc3N)on2)cc1. The first-order valence-corrected chi connectivity index (χ1v) is 8.58. The van der Waals surface area contributed by atoms with Crippen LogP contribution < -0.4 is 5.73 Å². The number of hydrogen-bond donors (Lipinski definition) is 1. The second kappa shape index (κ2) is 8.44. The van der Waals surface area contributed by atoms with Crippen LogP contribution in [-0.4, -0.2) is 16.7 Å². The van der Waals surface area contributed by atoms with Gasteiger partial charge in [0, 0.05) is 25.3 Å². The largest absolute Gasteiger partial charge is 0.383 e. The Bertz CT molecular complexity index is 797. The monoisotopic (exact) mass is 337 g/mol. The van der Waals surface area contributed by atoms with Crippen LogP contribution in [0.1, 0.15) is 36.6 Å². The summed E-state index contributed by atoms with van der Waals surface area (Å²) in [6.45, 7) is 3.64. The first-order valence-electron chi connectivity index (χ1n) is 8.58. The minimum Gasteiger partial charge on any atom is -0.383 e. The van der Waals surface area contributed by atoms with E-state index >= 15 is 0 Å². The van der Waals surface area contributed by atoms with E-state index in [1.54, 1.807) is 6.20 Å². The van der Waals surface area contributed by atoms with Crippen molar-refractivity contribution in [2.45, 2.75) is 32.8 Å². The fourth-order valence-electron chi connectivity index (χ4n) is 2.55. The van der Waals surface area contributed by atoms with Gasteiger partial charge in [0.2, 0.25) is 0 Å². The van der Waals surface area contributed by atoms with Crippen LogP contribution >= 0.6 is 0 Å². The maximum absolute atomic E-state index is 5.88. The third kappa shape index (κ3) is 4.67. The molecule has 0 aliphatic heterocycles. The Balaban J connectivity index is 1.60. The van der Waals surface area contributed by atoms with Gasteiger partial charge in [-0.2, -0.15) is 0 Å². The summed E-state index contributed by atoms with van der Waals surface area (Å²) in [6.07, 6.45) is 4.63. The topological polar surface area (TPSA) is 74.2 Å². The molecule has 0 saturated heterocycles. The first-order chi connectivity index (χ1) is 12.3. The molecule has 0 aliphatic rings. The number of pyridine rings is 1. The number of aromatic nitrogens is 2. The summed E-state index contributed by atoms with van der Waals surface area (Å²) in [5, 5.41) is 4.14. The van der Waals surface area contributed by atoms with Crippen molar-refractivity contribution in [3.63, 3.8) is 0 Å². The van der Waals surface area contributed by atoms with E-state index < -0.39 is 0 Å². The fraction of sp³-hybridized carbons (Fsp3) is 0.300. The van der Waals surface area contributed by atoms with Crippen LogP contribution in [-0.2, 0) is 17.8 Å². The van der Waals surface area contributed by atoms with E-state index in [9.17, 15) is 0 Å². The first kappa shape index (κ1) is 17.2. The number of benzene rings is 1. The Hall–Kier alpha value is -2.66. The highest BCUT2D eigenvalue weighted by Gasteiger charge is 2.10. The maximum Gasteiger partial charge on any atom is 0.170 e. The van der Waals surface area contributed by atoms with Gasteiger partial charge in [-0.1, -0.05) is 42.8 Å². The minimum atomic E-state index is 0.442. The third-order valence-electron chi connectivity index (χ3n) is 3.98. The summed E-state index contributed by atoms with van der Waals surface area (Å²) in [5.41, 5.74) is 9.87. The molecule has 0 spiro atoms. The molecule has 25 heavy (non-hydrogen) atoms. The zero-order valence-electron chi connectivity index (χ0n) is 14.4. The Morgan fingerprint density at radius 2 is 1.92 bits per heavy atom. The highest BCUT2D eigenvalue weighted by atomic mass is 16.5. The van der Waals surface area contributed by atoms with Crippen LogP contribution in [0.25, 0.3) is 11.3 Å². The number of hydrogen-bond acceptors (Lipinski definition) is 5. The van der Waals surface area contributed by atoms with Crippen LogP contribution in [0.15, 0.2) is 53.2 Å². The van der Waals surface area contributed by atoms with Crippen molar-refractivity contribution >= 4 is 5.82 Å². The van der Waals surface area contributed by atoms with Crippen LogP contribution in [0, 0.1) is 0 Å². The predicted octanol–water partition coefficient (Wildman–Crippen LogP) is 4.23. The lowest BCUT2D eigenvalue weighted by Crippen LogP contribution is -1.95. The summed E-state index contributed by atoms with van der Waals surface area (Å²) in [7, 11) is 0. The predicted molar refractivity (Wildman–Crippen MR) is 98.0 cm³/mol. The van der Waals surface area contributed by atoms with E-state index in [-0.39, 0.29) is 0 Å². The number of nitrogens with two attached hydrogens (primary N) is 1. The smallest absolute Gasteiger partial charge is 0.170 e. The molecule has 0 unspecified atom stereocenters. The van der Waals surface area contributed by atoms with E-state index in [2.05, 4.69) is 41.3 Å². The number of ether oxygens (including phenoxy) is 1. The number of anilines is 1. The Labute approximate surface area is 147 Å². The fourth-order valence-corrected chi connectivity index (χ4v) is 2.55. The minimum absolute atomic E-state index is 0.442. The molecule has 5 heteroatoms. The van der Waals surface area contributed by atoms with Gasteiger partial charge in [-0.05, 0) is 29.7 Å². The molecule has 0 bridgehead atoms. The molecule has 5 nitrogen and oxygen atoms in total. The van der Waals surface area contributed by atoms with Crippen LogP contribution in [0.3, 0.4) is 0 Å². The summed E-state index contributed by atoms with van der Waals surface area (Å²) < 4.78 is 11.1. The Kier molecular flexibility index (Phi) is 5.80. The number of nitrogen functional groups attached to an aromatic ring is 1. The molecule has 2 N–H and O–H groups in total. The van der Waals surface area contributed by atoms with Crippen LogP contribution in [0.5, 0.6) is 0 Å². The summed E-state index contributed by atoms with van der Waals surface area (Å²) >= 11 is 0. The quantitative estimate of drug-likeness (QED) is 0.623. The van der Waals surface area contributed by atoms with Crippen molar-refractivity contribution in [2.75, 3.05) is 12.3 Å². The molecule has 3 aromatic rings. The average Bonchev–Trinajstić information content (AvgIpc) is 3.09. The highest BCUT2D eigenvalue weighted by molar-refractivity contribution is 5.69. The number of unbranched alkanes of at least 4 members (excludes halogenated alkanes) is 1. The summed E-state index contributed by atoms with van der Waals surface area (Å²) in [6, 6.07) is 14.0. The zero-order valence-corrected chi connectivity index (χ0v) is 14.4. The van der Waals surface area contributed by atoms with Gasteiger partial charge in [-0.25, -0.2) is 4.98 Å². The zero-order chi connectivity index (χ0) is 17.5. The molecule has 0 aliphatic carbocycles. The van der Waals surface area contributed by atoms with Crippen molar-refractivity contribution in [2.24, 2.45) is 0 Å². The molecule has 0 saturated carbocycles. The van der Waals surface area contributed by atoms with Crippen molar-refractivity contribution in [3.8, 4) is 11.3 Å². The molecular weight excluding hydrogens is 314 g/mol. The molecule has 0 amide bonds. The Morgan fingerprint density at radius 1 is 1.12 bits per heavy atom. The van der Waals surface area contributed by atoms with Gasteiger partial charge in [0.25, 0.3) is 0 Å². The summed E-state index contributed by atoms with van der Waals surface area (Å²) in [4.78, 5) is 4.07. The molecule has 0 atom stereocenters. The van der Waals surface area contributed by atoms with Crippen molar-refractivity contribution < 1.29 is 9.26 Å². The standard InChI is InChI=1S/C20H23N3O2/c1-2-3-11-24-14-16-8-6-15(7-9-16)12-17-13-19(25-23-17)18-5-4-10-22-20(18)21/h4-10,13H,2-3,11-12,14H2,1H3,(H2,21,22). The molecule has 130 valence electrons.